The van der Waals surface area contributed by atoms with E-state index in [1.807, 2.05) is 18.2 Å². The van der Waals surface area contributed by atoms with E-state index in [2.05, 4.69) is 26.0 Å². The van der Waals surface area contributed by atoms with Crippen molar-refractivity contribution >= 4 is 5.78 Å². The molecule has 2 heteroatoms. The monoisotopic (exact) mass is 244 g/mol. The smallest absolute Gasteiger partial charge is 0.147 e. The molecule has 96 valence electrons. The minimum Gasteiger partial charge on any atom is -0.372 e. The van der Waals surface area contributed by atoms with E-state index in [4.69, 9.17) is 4.74 Å². The van der Waals surface area contributed by atoms with Crippen molar-refractivity contribution in [1.82, 2.24) is 0 Å². The summed E-state index contributed by atoms with van der Waals surface area (Å²) >= 11 is 0. The van der Waals surface area contributed by atoms with Crippen LogP contribution in [0.4, 0.5) is 0 Å². The average Bonchev–Trinajstić information content (AvgIpc) is 2.39. The number of benzene rings is 1. The maximum atomic E-state index is 12.6. The molecule has 0 radical (unpaired) electrons. The Morgan fingerprint density at radius 3 is 2.67 bits per heavy atom. The van der Waals surface area contributed by atoms with Gasteiger partial charge in [-0.2, -0.15) is 0 Å². The highest BCUT2D eigenvalue weighted by molar-refractivity contribution is 5.89. The lowest BCUT2D eigenvalue weighted by atomic mass is 9.61. The predicted molar refractivity (Wildman–Crippen MR) is 70.1 cm³/mol. The number of ketones is 1. The summed E-state index contributed by atoms with van der Waals surface area (Å²) in [7, 11) is 0. The van der Waals surface area contributed by atoms with Crippen LogP contribution >= 0.6 is 0 Å². The molecule has 2 bridgehead atoms. The minimum absolute atomic E-state index is 0.0284. The van der Waals surface area contributed by atoms with Crippen molar-refractivity contribution in [3.05, 3.63) is 35.9 Å². The van der Waals surface area contributed by atoms with Gasteiger partial charge in [-0.15, -0.1) is 0 Å². The van der Waals surface area contributed by atoms with Gasteiger partial charge in [-0.3, -0.25) is 4.79 Å². The fraction of sp³-hybridized carbons (Fsp3) is 0.562. The van der Waals surface area contributed by atoms with E-state index in [0.717, 1.165) is 18.4 Å². The number of carbonyl (C=O) groups excluding carboxylic acids is 1. The maximum Gasteiger partial charge on any atom is 0.147 e. The third-order valence-corrected chi connectivity index (χ3v) is 4.95. The molecular formula is C16H20O2. The highest BCUT2D eigenvalue weighted by atomic mass is 16.5. The molecule has 1 aromatic rings. The molecular weight excluding hydrogens is 224 g/mol. The largest absolute Gasteiger partial charge is 0.372 e. The Morgan fingerprint density at radius 2 is 1.94 bits per heavy atom. The standard InChI is InChI=1S/C16H20O2/c1-11-8-9-13-14(12-6-4-3-5-7-12)18-10-16(11,2)15(13)17/h3-7,11,13-14H,8-10H2,1-2H3. The first kappa shape index (κ1) is 11.9. The molecule has 2 fully saturated rings. The molecule has 1 saturated heterocycles. The molecule has 2 nitrogen and oxygen atoms in total. The van der Waals surface area contributed by atoms with Crippen molar-refractivity contribution in [2.45, 2.75) is 32.8 Å². The second-order valence-electron chi connectivity index (χ2n) is 6.01. The molecule has 1 heterocycles. The van der Waals surface area contributed by atoms with E-state index in [-0.39, 0.29) is 17.4 Å². The number of Topliss-reactive ketones (excluding diaryl/α,β-unsaturated/α-hetero) is 1. The van der Waals surface area contributed by atoms with Crippen LogP contribution in [0.3, 0.4) is 0 Å². The molecule has 0 amide bonds. The van der Waals surface area contributed by atoms with Crippen LogP contribution in [0.1, 0.15) is 38.4 Å². The molecule has 2 aliphatic rings. The van der Waals surface area contributed by atoms with E-state index in [1.165, 1.54) is 0 Å². The van der Waals surface area contributed by atoms with Gasteiger partial charge >= 0.3 is 0 Å². The quantitative estimate of drug-likeness (QED) is 0.757. The minimum atomic E-state index is -0.256. The summed E-state index contributed by atoms with van der Waals surface area (Å²) in [4.78, 5) is 12.6. The Morgan fingerprint density at radius 1 is 1.22 bits per heavy atom. The highest BCUT2D eigenvalue weighted by Crippen LogP contribution is 2.50. The van der Waals surface area contributed by atoms with Crippen molar-refractivity contribution in [2.24, 2.45) is 17.3 Å². The Bertz CT molecular complexity index is 453. The van der Waals surface area contributed by atoms with Crippen LogP contribution in [0, 0.1) is 17.3 Å². The van der Waals surface area contributed by atoms with E-state index in [0.29, 0.717) is 18.3 Å². The molecule has 1 aliphatic heterocycles. The van der Waals surface area contributed by atoms with Crippen molar-refractivity contribution in [2.75, 3.05) is 6.61 Å². The first-order valence-electron chi connectivity index (χ1n) is 6.84. The Balaban J connectivity index is 1.92. The maximum absolute atomic E-state index is 12.6. The van der Waals surface area contributed by atoms with Gasteiger partial charge in [-0.1, -0.05) is 44.2 Å². The van der Waals surface area contributed by atoms with E-state index in [9.17, 15) is 4.79 Å². The normalized spacial score (nSPS) is 39.7. The summed E-state index contributed by atoms with van der Waals surface area (Å²) in [5.74, 6) is 0.918. The lowest BCUT2D eigenvalue weighted by molar-refractivity contribution is -0.171. The molecule has 1 aromatic carbocycles. The van der Waals surface area contributed by atoms with Gasteiger partial charge in [0.25, 0.3) is 0 Å². The Labute approximate surface area is 108 Å². The Kier molecular flexibility index (Phi) is 2.78. The van der Waals surface area contributed by atoms with Crippen molar-refractivity contribution in [3.63, 3.8) is 0 Å². The molecule has 1 aliphatic carbocycles. The third kappa shape index (κ3) is 1.63. The summed E-state index contributed by atoms with van der Waals surface area (Å²) in [5.41, 5.74) is 0.890. The van der Waals surface area contributed by atoms with E-state index in [1.54, 1.807) is 0 Å². The lowest BCUT2D eigenvalue weighted by Gasteiger charge is -2.48. The second-order valence-corrected chi connectivity index (χ2v) is 6.01. The molecule has 3 rings (SSSR count). The molecule has 1 saturated carbocycles. The Hall–Kier alpha value is -1.15. The van der Waals surface area contributed by atoms with Crippen LogP contribution in [0.25, 0.3) is 0 Å². The molecule has 0 aromatic heterocycles. The molecule has 18 heavy (non-hydrogen) atoms. The summed E-state index contributed by atoms with van der Waals surface area (Å²) in [6, 6.07) is 10.2. The first-order chi connectivity index (χ1) is 8.63. The highest BCUT2D eigenvalue weighted by Gasteiger charge is 2.52. The number of fused-ring (bicyclic) bond motifs is 2. The van der Waals surface area contributed by atoms with E-state index >= 15 is 0 Å². The summed E-state index contributed by atoms with van der Waals surface area (Å²) in [5, 5.41) is 0. The zero-order valence-corrected chi connectivity index (χ0v) is 11.1. The fourth-order valence-electron chi connectivity index (χ4n) is 3.40. The summed E-state index contributed by atoms with van der Waals surface area (Å²) in [6.45, 7) is 4.83. The molecule has 4 atom stereocenters. The topological polar surface area (TPSA) is 26.3 Å². The molecule has 4 unspecified atom stereocenters. The zero-order valence-electron chi connectivity index (χ0n) is 11.1. The van der Waals surface area contributed by atoms with Crippen molar-refractivity contribution in [3.8, 4) is 0 Å². The number of rotatable bonds is 1. The van der Waals surface area contributed by atoms with Crippen LogP contribution < -0.4 is 0 Å². The predicted octanol–water partition coefficient (Wildman–Crippen LogP) is 3.38. The van der Waals surface area contributed by atoms with Crippen LogP contribution in [0.2, 0.25) is 0 Å². The number of carbonyl (C=O) groups is 1. The lowest BCUT2D eigenvalue weighted by Crippen LogP contribution is -2.52. The summed E-state index contributed by atoms with van der Waals surface area (Å²) < 4.78 is 6.05. The SMILES string of the molecule is CC1CCC2C(=O)C1(C)COC2c1ccccc1. The van der Waals surface area contributed by atoms with Gasteiger partial charge in [0.05, 0.1) is 18.1 Å². The second kappa shape index (κ2) is 4.20. The fourth-order valence-corrected chi connectivity index (χ4v) is 3.40. The van der Waals surface area contributed by atoms with Crippen LogP contribution in [-0.4, -0.2) is 12.4 Å². The van der Waals surface area contributed by atoms with Crippen molar-refractivity contribution < 1.29 is 9.53 Å². The van der Waals surface area contributed by atoms with Crippen LogP contribution in [0.15, 0.2) is 30.3 Å². The molecule has 0 N–H and O–H groups in total. The van der Waals surface area contributed by atoms with Gasteiger partial charge in [-0.25, -0.2) is 0 Å². The van der Waals surface area contributed by atoms with E-state index < -0.39 is 0 Å². The number of hydrogen-bond acceptors (Lipinski definition) is 2. The van der Waals surface area contributed by atoms with Gasteiger partial charge < -0.3 is 4.74 Å². The van der Waals surface area contributed by atoms with Gasteiger partial charge in [0.15, 0.2) is 0 Å². The number of ether oxygens (including phenoxy) is 1. The summed E-state index contributed by atoms with van der Waals surface area (Å²) in [6.07, 6.45) is 2.08. The van der Waals surface area contributed by atoms with Crippen molar-refractivity contribution in [1.29, 1.82) is 0 Å². The van der Waals surface area contributed by atoms with Gasteiger partial charge in [0.2, 0.25) is 0 Å². The van der Waals surface area contributed by atoms with Gasteiger partial charge in [0.1, 0.15) is 5.78 Å². The average molecular weight is 244 g/mol. The van der Waals surface area contributed by atoms with Crippen LogP contribution in [-0.2, 0) is 9.53 Å². The number of hydrogen-bond donors (Lipinski definition) is 0. The molecule has 0 spiro atoms. The zero-order chi connectivity index (χ0) is 12.8. The van der Waals surface area contributed by atoms with Gasteiger partial charge in [0, 0.05) is 5.92 Å². The first-order valence-corrected chi connectivity index (χ1v) is 6.84. The van der Waals surface area contributed by atoms with Gasteiger partial charge in [-0.05, 0) is 24.3 Å². The van der Waals surface area contributed by atoms with Crippen LogP contribution in [0.5, 0.6) is 0 Å². The third-order valence-electron chi connectivity index (χ3n) is 4.95.